The van der Waals surface area contributed by atoms with Crippen molar-refractivity contribution in [1.82, 2.24) is 4.90 Å². The van der Waals surface area contributed by atoms with Crippen LogP contribution in [0.2, 0.25) is 0 Å². The second kappa shape index (κ2) is 6.18. The van der Waals surface area contributed by atoms with Crippen LogP contribution >= 0.6 is 12.4 Å². The first-order valence-corrected chi connectivity index (χ1v) is 5.46. The summed E-state index contributed by atoms with van der Waals surface area (Å²) < 4.78 is 13.0. The van der Waals surface area contributed by atoms with Crippen LogP contribution in [-0.4, -0.2) is 24.0 Å². The molecule has 2 nitrogen and oxygen atoms in total. The quantitative estimate of drug-likeness (QED) is 0.864. The fraction of sp³-hybridized carbons (Fsp3) is 0.500. The summed E-state index contributed by atoms with van der Waals surface area (Å²) in [5.74, 6) is -0.159. The van der Waals surface area contributed by atoms with Gasteiger partial charge in [-0.15, -0.1) is 12.4 Å². The standard InChI is InChI=1S/C12H17FN2.ClH/c13-11-4-1-3-10(7-11)8-15-6-2-5-12(14)9-15;/h1,3-4,7,12H,2,5-6,8-9,14H2;1H. The van der Waals surface area contributed by atoms with E-state index < -0.39 is 0 Å². The first kappa shape index (κ1) is 13.4. The molecule has 0 bridgehead atoms. The molecule has 90 valence electrons. The minimum atomic E-state index is -0.159. The Morgan fingerprint density at radius 3 is 2.94 bits per heavy atom. The number of nitrogens with zero attached hydrogens (tertiary/aromatic N) is 1. The van der Waals surface area contributed by atoms with Crippen molar-refractivity contribution in [2.45, 2.75) is 25.4 Å². The molecule has 1 unspecified atom stereocenters. The highest BCUT2D eigenvalue weighted by atomic mass is 35.5. The summed E-state index contributed by atoms with van der Waals surface area (Å²) >= 11 is 0. The summed E-state index contributed by atoms with van der Waals surface area (Å²) in [5.41, 5.74) is 6.92. The molecule has 2 N–H and O–H groups in total. The Labute approximate surface area is 102 Å². The molecule has 16 heavy (non-hydrogen) atoms. The fourth-order valence-corrected chi connectivity index (χ4v) is 2.13. The van der Waals surface area contributed by atoms with Crippen LogP contribution in [0.1, 0.15) is 18.4 Å². The highest BCUT2D eigenvalue weighted by Crippen LogP contribution is 2.13. The van der Waals surface area contributed by atoms with Gasteiger partial charge in [-0.3, -0.25) is 4.90 Å². The second-order valence-electron chi connectivity index (χ2n) is 4.27. The predicted molar refractivity (Wildman–Crippen MR) is 66.1 cm³/mol. The van der Waals surface area contributed by atoms with Gasteiger partial charge in [-0.2, -0.15) is 0 Å². The molecule has 0 amide bonds. The van der Waals surface area contributed by atoms with Crippen molar-refractivity contribution in [3.8, 4) is 0 Å². The lowest BCUT2D eigenvalue weighted by Gasteiger charge is -2.30. The van der Waals surface area contributed by atoms with Crippen LogP contribution < -0.4 is 5.73 Å². The van der Waals surface area contributed by atoms with Gasteiger partial charge in [0.1, 0.15) is 5.82 Å². The summed E-state index contributed by atoms with van der Waals surface area (Å²) in [4.78, 5) is 2.29. The first-order chi connectivity index (χ1) is 7.24. The van der Waals surface area contributed by atoms with Crippen molar-refractivity contribution < 1.29 is 4.39 Å². The third kappa shape index (κ3) is 3.74. The number of halogens is 2. The maximum absolute atomic E-state index is 13.0. The van der Waals surface area contributed by atoms with E-state index in [0.717, 1.165) is 38.0 Å². The van der Waals surface area contributed by atoms with Gasteiger partial charge >= 0.3 is 0 Å². The van der Waals surface area contributed by atoms with Crippen molar-refractivity contribution in [2.24, 2.45) is 5.73 Å². The summed E-state index contributed by atoms with van der Waals surface area (Å²) in [6.45, 7) is 2.81. The average molecular weight is 245 g/mol. The molecule has 1 saturated heterocycles. The number of hydrogen-bond acceptors (Lipinski definition) is 2. The van der Waals surface area contributed by atoms with E-state index in [1.165, 1.54) is 6.07 Å². The van der Waals surface area contributed by atoms with E-state index >= 15 is 0 Å². The third-order valence-corrected chi connectivity index (χ3v) is 2.84. The molecule has 1 atom stereocenters. The van der Waals surface area contributed by atoms with Gasteiger partial charge < -0.3 is 5.73 Å². The molecule has 4 heteroatoms. The van der Waals surface area contributed by atoms with Crippen LogP contribution in [0.15, 0.2) is 24.3 Å². The molecular formula is C12H18ClFN2. The van der Waals surface area contributed by atoms with Gasteiger partial charge in [0, 0.05) is 19.1 Å². The SMILES string of the molecule is Cl.NC1CCCN(Cc2cccc(F)c2)C1. The van der Waals surface area contributed by atoms with Gasteiger partial charge in [0.2, 0.25) is 0 Å². The lowest BCUT2D eigenvalue weighted by atomic mass is 10.1. The number of piperidine rings is 1. The molecule has 1 fully saturated rings. The largest absolute Gasteiger partial charge is 0.327 e. The molecule has 0 spiro atoms. The Morgan fingerprint density at radius 1 is 1.44 bits per heavy atom. The van der Waals surface area contributed by atoms with Gasteiger partial charge in [0.25, 0.3) is 0 Å². The van der Waals surface area contributed by atoms with Crippen molar-refractivity contribution in [1.29, 1.82) is 0 Å². The maximum atomic E-state index is 13.0. The monoisotopic (exact) mass is 244 g/mol. The van der Waals surface area contributed by atoms with Gasteiger partial charge in [-0.25, -0.2) is 4.39 Å². The van der Waals surface area contributed by atoms with Crippen molar-refractivity contribution in [2.75, 3.05) is 13.1 Å². The number of nitrogens with two attached hydrogens (primary N) is 1. The first-order valence-electron chi connectivity index (χ1n) is 5.46. The number of benzene rings is 1. The van der Waals surface area contributed by atoms with Crippen LogP contribution in [0.4, 0.5) is 4.39 Å². The van der Waals surface area contributed by atoms with Crippen LogP contribution in [-0.2, 0) is 6.54 Å². The second-order valence-corrected chi connectivity index (χ2v) is 4.27. The van der Waals surface area contributed by atoms with E-state index in [1.807, 2.05) is 6.07 Å². The Hall–Kier alpha value is -0.640. The molecule has 0 aliphatic carbocycles. The Balaban J connectivity index is 0.00000128. The van der Waals surface area contributed by atoms with Crippen molar-refractivity contribution >= 4 is 12.4 Å². The van der Waals surface area contributed by atoms with E-state index in [4.69, 9.17) is 5.73 Å². The Morgan fingerprint density at radius 2 is 2.25 bits per heavy atom. The van der Waals surface area contributed by atoms with Gasteiger partial charge in [-0.1, -0.05) is 12.1 Å². The minimum Gasteiger partial charge on any atom is -0.327 e. The summed E-state index contributed by atoms with van der Waals surface area (Å²) in [7, 11) is 0. The topological polar surface area (TPSA) is 29.3 Å². The predicted octanol–water partition coefficient (Wildman–Crippen LogP) is 2.17. The van der Waals surface area contributed by atoms with E-state index in [-0.39, 0.29) is 24.3 Å². The molecule has 0 aromatic heterocycles. The van der Waals surface area contributed by atoms with E-state index in [0.29, 0.717) is 0 Å². The average Bonchev–Trinajstić information content (AvgIpc) is 2.17. The van der Waals surface area contributed by atoms with Crippen LogP contribution in [0.25, 0.3) is 0 Å². The zero-order valence-electron chi connectivity index (χ0n) is 9.23. The van der Waals surface area contributed by atoms with Gasteiger partial charge in [0.05, 0.1) is 0 Å². The van der Waals surface area contributed by atoms with E-state index in [2.05, 4.69) is 4.90 Å². The minimum absolute atomic E-state index is 0. The zero-order chi connectivity index (χ0) is 10.7. The third-order valence-electron chi connectivity index (χ3n) is 2.84. The van der Waals surface area contributed by atoms with E-state index in [9.17, 15) is 4.39 Å². The fourth-order valence-electron chi connectivity index (χ4n) is 2.13. The summed E-state index contributed by atoms with van der Waals surface area (Å²) in [6, 6.07) is 7.08. The highest BCUT2D eigenvalue weighted by Gasteiger charge is 2.16. The Kier molecular flexibility index (Phi) is 5.19. The van der Waals surface area contributed by atoms with Crippen LogP contribution in [0, 0.1) is 5.82 Å². The summed E-state index contributed by atoms with van der Waals surface area (Å²) in [6.07, 6.45) is 2.26. The maximum Gasteiger partial charge on any atom is 0.123 e. The van der Waals surface area contributed by atoms with Gasteiger partial charge in [-0.05, 0) is 37.1 Å². The molecular weight excluding hydrogens is 227 g/mol. The van der Waals surface area contributed by atoms with Crippen LogP contribution in [0.5, 0.6) is 0 Å². The summed E-state index contributed by atoms with van der Waals surface area (Å²) in [5, 5.41) is 0. The van der Waals surface area contributed by atoms with Crippen molar-refractivity contribution in [3.63, 3.8) is 0 Å². The van der Waals surface area contributed by atoms with E-state index in [1.54, 1.807) is 12.1 Å². The molecule has 0 saturated carbocycles. The van der Waals surface area contributed by atoms with Gasteiger partial charge in [0.15, 0.2) is 0 Å². The normalized spacial score (nSPS) is 21.5. The highest BCUT2D eigenvalue weighted by molar-refractivity contribution is 5.85. The molecule has 2 rings (SSSR count). The van der Waals surface area contributed by atoms with Crippen LogP contribution in [0.3, 0.4) is 0 Å². The molecule has 1 aliphatic rings. The smallest absolute Gasteiger partial charge is 0.123 e. The number of rotatable bonds is 2. The zero-order valence-corrected chi connectivity index (χ0v) is 10.0. The molecule has 1 aromatic carbocycles. The molecule has 1 aliphatic heterocycles. The van der Waals surface area contributed by atoms with Crippen molar-refractivity contribution in [3.05, 3.63) is 35.6 Å². The molecule has 1 heterocycles. The molecule has 0 radical (unpaired) electrons. The lowest BCUT2D eigenvalue weighted by Crippen LogP contribution is -2.42. The Bertz CT molecular complexity index is 333. The number of hydrogen-bond donors (Lipinski definition) is 1. The molecule has 1 aromatic rings. The number of likely N-dealkylation sites (tertiary alicyclic amines) is 1. The lowest BCUT2D eigenvalue weighted by molar-refractivity contribution is 0.201.